The van der Waals surface area contributed by atoms with Crippen LogP contribution >= 0.6 is 11.6 Å². The molecule has 5 aromatic rings. The van der Waals surface area contributed by atoms with E-state index < -0.39 is 0 Å². The average molecular weight is 531 g/mol. The van der Waals surface area contributed by atoms with Crippen molar-refractivity contribution in [2.24, 2.45) is 0 Å². The average Bonchev–Trinajstić information content (AvgIpc) is 3.55. The summed E-state index contributed by atoms with van der Waals surface area (Å²) in [6.45, 7) is 8.24. The van der Waals surface area contributed by atoms with E-state index in [1.165, 1.54) is 0 Å². The number of imidazole rings is 1. The summed E-state index contributed by atoms with van der Waals surface area (Å²) in [5.74, 6) is 0.591. The van der Waals surface area contributed by atoms with Gasteiger partial charge < -0.3 is 19.3 Å². The van der Waals surface area contributed by atoms with Gasteiger partial charge in [-0.05, 0) is 49.9 Å². The predicted molar refractivity (Wildman–Crippen MR) is 145 cm³/mol. The number of hydrogen-bond acceptors (Lipinski definition) is 8. The van der Waals surface area contributed by atoms with Crippen molar-refractivity contribution in [2.75, 3.05) is 31.1 Å². The van der Waals surface area contributed by atoms with Gasteiger partial charge in [-0.2, -0.15) is 0 Å². The van der Waals surface area contributed by atoms with Crippen molar-refractivity contribution >= 4 is 45.3 Å². The van der Waals surface area contributed by atoms with Crippen LogP contribution in [0.1, 0.15) is 45.9 Å². The van der Waals surface area contributed by atoms with Crippen LogP contribution in [0.3, 0.4) is 0 Å². The van der Waals surface area contributed by atoms with Gasteiger partial charge in [-0.3, -0.25) is 9.78 Å². The van der Waals surface area contributed by atoms with Crippen molar-refractivity contribution < 1.29 is 9.32 Å². The maximum absolute atomic E-state index is 13.2. The number of fused-ring (bicyclic) bond motifs is 2. The molecule has 1 aliphatic heterocycles. The molecule has 1 atom stereocenters. The number of nitrogens with one attached hydrogen (secondary N) is 1. The summed E-state index contributed by atoms with van der Waals surface area (Å²) in [6.07, 6.45) is 5.66. The largest absolute Gasteiger partial charge is 0.366 e. The first kappa shape index (κ1) is 24.3. The first-order valence-corrected chi connectivity index (χ1v) is 13.0. The van der Waals surface area contributed by atoms with Crippen LogP contribution in [0.5, 0.6) is 0 Å². The van der Waals surface area contributed by atoms with Gasteiger partial charge in [0.15, 0.2) is 5.65 Å². The number of benzene rings is 1. The lowest BCUT2D eigenvalue weighted by Gasteiger charge is -2.38. The minimum absolute atomic E-state index is 0.0408. The highest BCUT2D eigenvalue weighted by Crippen LogP contribution is 2.40. The molecule has 194 valence electrons. The van der Waals surface area contributed by atoms with E-state index in [1.807, 2.05) is 17.0 Å². The number of carbonyl (C=O) groups excluding carboxylic acids is 1. The van der Waals surface area contributed by atoms with Gasteiger partial charge in [-0.15, -0.1) is 0 Å². The molecule has 1 unspecified atom stereocenters. The number of hydrogen-bond donors (Lipinski definition) is 1. The van der Waals surface area contributed by atoms with Crippen molar-refractivity contribution in [1.82, 2.24) is 35.0 Å². The van der Waals surface area contributed by atoms with Crippen LogP contribution in [0, 0.1) is 13.8 Å². The van der Waals surface area contributed by atoms with E-state index in [0.29, 0.717) is 60.3 Å². The molecule has 1 aromatic carbocycles. The van der Waals surface area contributed by atoms with Gasteiger partial charge in [0.25, 0.3) is 5.91 Å². The molecular formula is C27H27ClN8O2. The molecule has 11 heteroatoms. The molecule has 0 spiro atoms. The third-order valence-corrected chi connectivity index (χ3v) is 7.62. The van der Waals surface area contributed by atoms with E-state index in [2.05, 4.69) is 43.0 Å². The summed E-state index contributed by atoms with van der Waals surface area (Å²) in [7, 11) is 0. The van der Waals surface area contributed by atoms with Crippen LogP contribution in [0.15, 0.2) is 41.6 Å². The molecule has 6 rings (SSSR count). The molecule has 10 nitrogen and oxygen atoms in total. The Morgan fingerprint density at radius 3 is 2.74 bits per heavy atom. The van der Waals surface area contributed by atoms with E-state index in [9.17, 15) is 4.79 Å². The molecule has 4 aromatic heterocycles. The highest BCUT2D eigenvalue weighted by atomic mass is 35.5. The molecule has 1 N–H and O–H groups in total. The van der Waals surface area contributed by atoms with Crippen molar-refractivity contribution in [1.29, 1.82) is 0 Å². The summed E-state index contributed by atoms with van der Waals surface area (Å²) in [5, 5.41) is 5.53. The van der Waals surface area contributed by atoms with Gasteiger partial charge in [0.05, 0.1) is 33.9 Å². The van der Waals surface area contributed by atoms with Crippen LogP contribution in [0.2, 0.25) is 5.02 Å². The van der Waals surface area contributed by atoms with Crippen molar-refractivity contribution in [3.63, 3.8) is 0 Å². The fourth-order valence-electron chi connectivity index (χ4n) is 5.36. The highest BCUT2D eigenvalue weighted by molar-refractivity contribution is 6.36. The number of H-pyrrole nitrogens is 1. The molecule has 0 bridgehead atoms. The lowest BCUT2D eigenvalue weighted by atomic mass is 9.92. The van der Waals surface area contributed by atoms with Gasteiger partial charge in [-0.25, -0.2) is 15.0 Å². The Kier molecular flexibility index (Phi) is 6.19. The number of rotatable bonds is 5. The molecule has 0 radical (unpaired) electrons. The zero-order valence-electron chi connectivity index (χ0n) is 21.4. The molecule has 1 amide bonds. The van der Waals surface area contributed by atoms with E-state index in [-0.39, 0.29) is 11.8 Å². The number of aryl methyl sites for hydroxylation is 2. The number of aromatic amines is 1. The number of pyridine rings is 1. The molecule has 38 heavy (non-hydrogen) atoms. The zero-order valence-corrected chi connectivity index (χ0v) is 22.2. The second kappa shape index (κ2) is 9.68. The summed E-state index contributed by atoms with van der Waals surface area (Å²) in [6, 6.07) is 5.95. The zero-order chi connectivity index (χ0) is 26.4. The standard InChI is InChI=1S/C27H27ClN8O2/c1-15(11-21-24-26(32-13-30-21)33-14-31-24)19-12-20(28)18-5-4-6-29-23(18)25(19)35-7-9-36(10-8-35)27(37)22-16(2)34-38-17(22)3/h4-6,12-15H,7-11H2,1-3H3,(H,30,31,32,33). The van der Waals surface area contributed by atoms with Crippen LogP contribution in [-0.4, -0.2) is 67.1 Å². The van der Waals surface area contributed by atoms with E-state index >= 15 is 0 Å². The summed E-state index contributed by atoms with van der Waals surface area (Å²) in [4.78, 5) is 38.4. The maximum Gasteiger partial charge on any atom is 0.259 e. The fraction of sp³-hybridized carbons (Fsp3) is 0.333. The minimum atomic E-state index is -0.0408. The minimum Gasteiger partial charge on any atom is -0.366 e. The van der Waals surface area contributed by atoms with E-state index in [1.54, 1.807) is 32.7 Å². The number of piperazine rings is 1. The number of aromatic nitrogens is 6. The second-order valence-corrected chi connectivity index (χ2v) is 10.1. The molecule has 0 saturated carbocycles. The first-order chi connectivity index (χ1) is 18.4. The third kappa shape index (κ3) is 4.14. The number of nitrogens with zero attached hydrogens (tertiary/aromatic N) is 7. The molecule has 0 aliphatic carbocycles. The Hall–Kier alpha value is -4.05. The fourth-order valence-corrected chi connectivity index (χ4v) is 5.63. The van der Waals surface area contributed by atoms with E-state index in [0.717, 1.165) is 33.4 Å². The van der Waals surface area contributed by atoms with Crippen LogP contribution in [0.4, 0.5) is 5.69 Å². The van der Waals surface area contributed by atoms with Gasteiger partial charge in [0.2, 0.25) is 0 Å². The summed E-state index contributed by atoms with van der Waals surface area (Å²) >= 11 is 6.78. The Morgan fingerprint density at radius 2 is 1.97 bits per heavy atom. The number of carbonyl (C=O) groups is 1. The van der Waals surface area contributed by atoms with Crippen molar-refractivity contribution in [3.8, 4) is 0 Å². The summed E-state index contributed by atoms with van der Waals surface area (Å²) < 4.78 is 5.23. The normalized spacial score (nSPS) is 14.9. The van der Waals surface area contributed by atoms with Crippen LogP contribution in [0.25, 0.3) is 22.1 Å². The van der Waals surface area contributed by atoms with Crippen LogP contribution < -0.4 is 4.90 Å². The Morgan fingerprint density at radius 1 is 1.16 bits per heavy atom. The third-order valence-electron chi connectivity index (χ3n) is 7.31. The smallest absolute Gasteiger partial charge is 0.259 e. The van der Waals surface area contributed by atoms with Gasteiger partial charge in [-0.1, -0.05) is 23.7 Å². The van der Waals surface area contributed by atoms with Crippen molar-refractivity contribution in [3.05, 3.63) is 70.3 Å². The molecule has 1 fully saturated rings. The number of amides is 1. The lowest BCUT2D eigenvalue weighted by Crippen LogP contribution is -2.49. The first-order valence-electron chi connectivity index (χ1n) is 12.6. The maximum atomic E-state index is 13.2. The Balaban J connectivity index is 1.33. The lowest BCUT2D eigenvalue weighted by molar-refractivity contribution is 0.0744. The van der Waals surface area contributed by atoms with Crippen LogP contribution in [-0.2, 0) is 6.42 Å². The van der Waals surface area contributed by atoms with Gasteiger partial charge >= 0.3 is 0 Å². The molecule has 1 saturated heterocycles. The predicted octanol–water partition coefficient (Wildman–Crippen LogP) is 4.47. The molecule has 1 aliphatic rings. The highest BCUT2D eigenvalue weighted by Gasteiger charge is 2.30. The van der Waals surface area contributed by atoms with Gasteiger partial charge in [0, 0.05) is 37.8 Å². The van der Waals surface area contributed by atoms with Gasteiger partial charge in [0.1, 0.15) is 23.2 Å². The number of anilines is 1. The van der Waals surface area contributed by atoms with E-state index in [4.69, 9.17) is 21.1 Å². The second-order valence-electron chi connectivity index (χ2n) is 9.70. The number of halogens is 1. The molecule has 5 heterocycles. The summed E-state index contributed by atoms with van der Waals surface area (Å²) in [5.41, 5.74) is 6.59. The Bertz CT molecular complexity index is 1630. The molecular weight excluding hydrogens is 504 g/mol. The Labute approximate surface area is 224 Å². The topological polar surface area (TPSA) is 117 Å². The quantitative estimate of drug-likeness (QED) is 0.354. The van der Waals surface area contributed by atoms with Crippen molar-refractivity contribution in [2.45, 2.75) is 33.1 Å². The SMILES string of the molecule is Cc1noc(C)c1C(=O)N1CCN(c2c(C(C)Cc3ncnc4nc[nH]c34)cc(Cl)c3cccnc23)CC1. The monoisotopic (exact) mass is 530 g/mol.